The van der Waals surface area contributed by atoms with E-state index in [4.69, 9.17) is 9.84 Å². The van der Waals surface area contributed by atoms with Crippen LogP contribution in [0.2, 0.25) is 0 Å². The van der Waals surface area contributed by atoms with Gasteiger partial charge in [-0.1, -0.05) is 6.07 Å². The lowest BCUT2D eigenvalue weighted by molar-refractivity contribution is 0.281. The normalized spacial score (nSPS) is 12.2. The number of hydrogen-bond acceptors (Lipinski definition) is 3. The van der Waals surface area contributed by atoms with Gasteiger partial charge in [0.1, 0.15) is 5.75 Å². The Bertz CT molecular complexity index is 263. The van der Waals surface area contributed by atoms with E-state index in [1.807, 2.05) is 31.2 Å². The highest BCUT2D eigenvalue weighted by molar-refractivity contribution is 5.48. The van der Waals surface area contributed by atoms with Crippen LogP contribution in [0.3, 0.4) is 0 Å². The van der Waals surface area contributed by atoms with E-state index in [9.17, 15) is 0 Å². The molecule has 1 aromatic rings. The predicted octanol–water partition coefficient (Wildman–Crippen LogP) is 1.49. The zero-order chi connectivity index (χ0) is 9.68. The van der Waals surface area contributed by atoms with E-state index in [1.54, 1.807) is 7.11 Å². The van der Waals surface area contributed by atoms with Crippen molar-refractivity contribution in [3.8, 4) is 5.75 Å². The van der Waals surface area contributed by atoms with Gasteiger partial charge in [0.15, 0.2) is 0 Å². The molecule has 0 aliphatic heterocycles. The molecule has 3 nitrogen and oxygen atoms in total. The van der Waals surface area contributed by atoms with E-state index in [1.165, 1.54) is 0 Å². The number of methoxy groups -OCH3 is 1. The Hall–Kier alpha value is -1.22. The van der Waals surface area contributed by atoms with Crippen LogP contribution in [0.25, 0.3) is 0 Å². The maximum atomic E-state index is 8.83. The molecule has 1 rings (SSSR count). The van der Waals surface area contributed by atoms with E-state index in [0.717, 1.165) is 11.4 Å². The molecule has 2 N–H and O–H groups in total. The second-order valence-corrected chi connectivity index (χ2v) is 2.96. The molecule has 0 aliphatic rings. The van der Waals surface area contributed by atoms with Crippen molar-refractivity contribution in [3.05, 3.63) is 24.3 Å². The SMILES string of the molecule is COc1cccc(NC(C)CO)c1. The zero-order valence-corrected chi connectivity index (χ0v) is 7.95. The number of hydrogen-bond donors (Lipinski definition) is 2. The maximum Gasteiger partial charge on any atom is 0.120 e. The van der Waals surface area contributed by atoms with Gasteiger partial charge in [0, 0.05) is 17.8 Å². The Balaban J connectivity index is 2.66. The average molecular weight is 181 g/mol. The first-order chi connectivity index (χ1) is 6.26. The first-order valence-electron chi connectivity index (χ1n) is 4.27. The van der Waals surface area contributed by atoms with Gasteiger partial charge in [-0.05, 0) is 19.1 Å². The van der Waals surface area contributed by atoms with Gasteiger partial charge in [0.05, 0.1) is 13.7 Å². The van der Waals surface area contributed by atoms with Gasteiger partial charge in [0.25, 0.3) is 0 Å². The molecule has 0 radical (unpaired) electrons. The summed E-state index contributed by atoms with van der Waals surface area (Å²) >= 11 is 0. The van der Waals surface area contributed by atoms with Crippen LogP contribution in [0.5, 0.6) is 5.75 Å². The van der Waals surface area contributed by atoms with Crippen molar-refractivity contribution >= 4 is 5.69 Å². The fourth-order valence-electron chi connectivity index (χ4n) is 1.04. The molecule has 0 bridgehead atoms. The van der Waals surface area contributed by atoms with Gasteiger partial charge in [-0.15, -0.1) is 0 Å². The number of benzene rings is 1. The Morgan fingerprint density at radius 1 is 1.54 bits per heavy atom. The molecule has 1 atom stereocenters. The number of aliphatic hydroxyl groups excluding tert-OH is 1. The Morgan fingerprint density at radius 2 is 2.31 bits per heavy atom. The van der Waals surface area contributed by atoms with E-state index in [0.29, 0.717) is 0 Å². The minimum atomic E-state index is 0.0621. The smallest absolute Gasteiger partial charge is 0.120 e. The molecule has 1 unspecified atom stereocenters. The molecule has 1 aromatic carbocycles. The molecule has 0 saturated heterocycles. The standard InChI is InChI=1S/C10H15NO2/c1-8(7-12)11-9-4-3-5-10(6-9)13-2/h3-6,8,11-12H,7H2,1-2H3. The van der Waals surface area contributed by atoms with E-state index in [-0.39, 0.29) is 12.6 Å². The third kappa shape index (κ3) is 2.95. The van der Waals surface area contributed by atoms with Crippen LogP contribution in [0.4, 0.5) is 5.69 Å². The molecule has 0 spiro atoms. The molecule has 0 aliphatic carbocycles. The number of ether oxygens (including phenoxy) is 1. The second-order valence-electron chi connectivity index (χ2n) is 2.96. The summed E-state index contributed by atoms with van der Waals surface area (Å²) in [5.74, 6) is 0.815. The summed E-state index contributed by atoms with van der Waals surface area (Å²) in [5.41, 5.74) is 0.959. The van der Waals surface area contributed by atoms with Crippen molar-refractivity contribution in [2.24, 2.45) is 0 Å². The summed E-state index contributed by atoms with van der Waals surface area (Å²) in [6, 6.07) is 7.69. The Morgan fingerprint density at radius 3 is 2.92 bits per heavy atom. The molecule has 0 saturated carbocycles. The molecule has 3 heteroatoms. The van der Waals surface area contributed by atoms with Crippen LogP contribution in [0, 0.1) is 0 Å². The monoisotopic (exact) mass is 181 g/mol. The van der Waals surface area contributed by atoms with Crippen molar-refractivity contribution in [2.75, 3.05) is 19.0 Å². The van der Waals surface area contributed by atoms with Crippen LogP contribution >= 0.6 is 0 Å². The minimum absolute atomic E-state index is 0.0621. The summed E-state index contributed by atoms with van der Waals surface area (Å²) in [6.45, 7) is 2.04. The molecular formula is C10H15NO2. The van der Waals surface area contributed by atoms with Crippen LogP contribution in [-0.4, -0.2) is 24.9 Å². The molecular weight excluding hydrogens is 166 g/mol. The number of rotatable bonds is 4. The lowest BCUT2D eigenvalue weighted by Crippen LogP contribution is -2.19. The molecule has 0 fully saturated rings. The summed E-state index contributed by atoms with van der Waals surface area (Å²) < 4.78 is 5.07. The Kier molecular flexibility index (Phi) is 3.58. The average Bonchev–Trinajstić information content (AvgIpc) is 2.18. The van der Waals surface area contributed by atoms with Crippen molar-refractivity contribution in [2.45, 2.75) is 13.0 Å². The van der Waals surface area contributed by atoms with Crippen LogP contribution in [-0.2, 0) is 0 Å². The van der Waals surface area contributed by atoms with Crippen molar-refractivity contribution in [1.29, 1.82) is 0 Å². The van der Waals surface area contributed by atoms with Crippen LogP contribution < -0.4 is 10.1 Å². The summed E-state index contributed by atoms with van der Waals surface area (Å²) in [6.07, 6.45) is 0. The number of aliphatic hydroxyl groups is 1. The first kappa shape index (κ1) is 9.86. The van der Waals surface area contributed by atoms with Crippen molar-refractivity contribution in [3.63, 3.8) is 0 Å². The van der Waals surface area contributed by atoms with E-state index < -0.39 is 0 Å². The summed E-state index contributed by atoms with van der Waals surface area (Å²) in [7, 11) is 1.63. The molecule has 0 amide bonds. The summed E-state index contributed by atoms with van der Waals surface area (Å²) in [4.78, 5) is 0. The largest absolute Gasteiger partial charge is 0.497 e. The zero-order valence-electron chi connectivity index (χ0n) is 7.95. The highest BCUT2D eigenvalue weighted by atomic mass is 16.5. The second kappa shape index (κ2) is 4.72. The maximum absolute atomic E-state index is 8.83. The first-order valence-corrected chi connectivity index (χ1v) is 4.27. The van der Waals surface area contributed by atoms with E-state index >= 15 is 0 Å². The van der Waals surface area contributed by atoms with Gasteiger partial charge in [-0.25, -0.2) is 0 Å². The Labute approximate surface area is 78.3 Å². The minimum Gasteiger partial charge on any atom is -0.497 e. The third-order valence-corrected chi connectivity index (χ3v) is 1.76. The highest BCUT2D eigenvalue weighted by Crippen LogP contribution is 2.17. The lowest BCUT2D eigenvalue weighted by atomic mass is 10.2. The quantitative estimate of drug-likeness (QED) is 0.739. The summed E-state index contributed by atoms with van der Waals surface area (Å²) in [5, 5.41) is 12.0. The third-order valence-electron chi connectivity index (χ3n) is 1.76. The number of nitrogens with one attached hydrogen (secondary N) is 1. The van der Waals surface area contributed by atoms with Crippen LogP contribution in [0.1, 0.15) is 6.92 Å². The molecule has 13 heavy (non-hydrogen) atoms. The van der Waals surface area contributed by atoms with Crippen molar-refractivity contribution < 1.29 is 9.84 Å². The molecule has 0 aromatic heterocycles. The van der Waals surface area contributed by atoms with Gasteiger partial charge in [-0.3, -0.25) is 0 Å². The van der Waals surface area contributed by atoms with Gasteiger partial charge < -0.3 is 15.2 Å². The predicted molar refractivity (Wildman–Crippen MR) is 53.2 cm³/mol. The number of anilines is 1. The molecule has 72 valence electrons. The fourth-order valence-corrected chi connectivity index (χ4v) is 1.04. The van der Waals surface area contributed by atoms with Gasteiger partial charge in [-0.2, -0.15) is 0 Å². The topological polar surface area (TPSA) is 41.5 Å². The highest BCUT2D eigenvalue weighted by Gasteiger charge is 1.99. The van der Waals surface area contributed by atoms with E-state index in [2.05, 4.69) is 5.32 Å². The lowest BCUT2D eigenvalue weighted by Gasteiger charge is -2.12. The van der Waals surface area contributed by atoms with Gasteiger partial charge >= 0.3 is 0 Å². The fraction of sp³-hybridized carbons (Fsp3) is 0.400. The van der Waals surface area contributed by atoms with Crippen LogP contribution in [0.15, 0.2) is 24.3 Å². The molecule has 0 heterocycles. The van der Waals surface area contributed by atoms with Gasteiger partial charge in [0.2, 0.25) is 0 Å². The van der Waals surface area contributed by atoms with Crippen molar-refractivity contribution in [1.82, 2.24) is 0 Å².